The van der Waals surface area contributed by atoms with E-state index >= 15 is 0 Å². The van der Waals surface area contributed by atoms with Gasteiger partial charge in [0.2, 0.25) is 0 Å². The van der Waals surface area contributed by atoms with Gasteiger partial charge in [-0.05, 0) is 67.2 Å². The number of rotatable bonds is 7. The summed E-state index contributed by atoms with van der Waals surface area (Å²) in [5.74, 6) is 1.11. The molecule has 1 aromatic heterocycles. The van der Waals surface area contributed by atoms with Gasteiger partial charge in [0.05, 0.1) is 12.2 Å². The summed E-state index contributed by atoms with van der Waals surface area (Å²) in [7, 11) is 0. The number of carbonyl (C=O) groups is 1. The van der Waals surface area contributed by atoms with Crippen molar-refractivity contribution < 1.29 is 14.3 Å². The Morgan fingerprint density at radius 2 is 1.52 bits per heavy atom. The molecule has 0 aliphatic rings. The molecule has 4 aromatic rings. The first-order valence-electron chi connectivity index (χ1n) is 10.4. The first kappa shape index (κ1) is 22.5. The number of thiocarbonyl (C=S) groups is 1. The molecule has 0 fully saturated rings. The summed E-state index contributed by atoms with van der Waals surface area (Å²) in [6.45, 7) is 2.09. The minimum Gasteiger partial charge on any atom is -0.462 e. The maximum absolute atomic E-state index is 12.5. The normalized spacial score (nSPS) is 10.3. The van der Waals surface area contributed by atoms with Crippen LogP contribution in [0.5, 0.6) is 11.5 Å². The maximum atomic E-state index is 12.5. The fourth-order valence-electron chi connectivity index (χ4n) is 3.09. The monoisotopic (exact) mass is 474 g/mol. The highest BCUT2D eigenvalue weighted by atomic mass is 32.1. The largest absolute Gasteiger partial charge is 0.462 e. The van der Waals surface area contributed by atoms with Crippen molar-refractivity contribution >= 4 is 45.3 Å². The second-order valence-corrected chi connectivity index (χ2v) is 8.42. The Kier molecular flexibility index (Phi) is 7.34. The van der Waals surface area contributed by atoms with Gasteiger partial charge in [0.1, 0.15) is 16.5 Å². The summed E-state index contributed by atoms with van der Waals surface area (Å²) in [4.78, 5) is 13.5. The number of benzene rings is 3. The molecule has 0 aliphatic carbocycles. The van der Waals surface area contributed by atoms with Crippen molar-refractivity contribution in [3.05, 3.63) is 96.6 Å². The molecule has 7 heteroatoms. The molecule has 0 unspecified atom stereocenters. The van der Waals surface area contributed by atoms with Crippen LogP contribution in [0.15, 0.2) is 91.0 Å². The molecule has 4 rings (SSSR count). The molecule has 0 saturated heterocycles. The lowest BCUT2D eigenvalue weighted by atomic mass is 10.1. The van der Waals surface area contributed by atoms with Gasteiger partial charge in [0.15, 0.2) is 5.11 Å². The van der Waals surface area contributed by atoms with Crippen LogP contribution in [0.4, 0.5) is 10.7 Å². The van der Waals surface area contributed by atoms with Crippen molar-refractivity contribution in [3.8, 4) is 21.9 Å². The van der Waals surface area contributed by atoms with Crippen molar-refractivity contribution in [3.63, 3.8) is 0 Å². The van der Waals surface area contributed by atoms with E-state index in [2.05, 4.69) is 10.6 Å². The average Bonchev–Trinajstić information content (AvgIpc) is 3.25. The van der Waals surface area contributed by atoms with Gasteiger partial charge in [-0.3, -0.25) is 0 Å². The summed E-state index contributed by atoms with van der Waals surface area (Å²) < 4.78 is 11.0. The Balaban J connectivity index is 1.46. The standard InChI is InChI=1S/C26H22N2O3S2/c1-2-30-25(29)22-17-23(18-9-5-3-6-10-18)33-24(22)28-26(32)27-19-13-15-21(16-14-19)31-20-11-7-4-8-12-20/h3-17H,2H2,1H3,(H2,27,28,32). The predicted molar refractivity (Wildman–Crippen MR) is 139 cm³/mol. The number of hydrogen-bond acceptors (Lipinski definition) is 5. The summed E-state index contributed by atoms with van der Waals surface area (Å²) in [5, 5.41) is 7.30. The van der Waals surface area contributed by atoms with E-state index in [1.807, 2.05) is 91.0 Å². The Hall–Kier alpha value is -3.68. The van der Waals surface area contributed by atoms with E-state index in [0.29, 0.717) is 22.3 Å². The summed E-state index contributed by atoms with van der Waals surface area (Å²) in [6, 6.07) is 28.8. The van der Waals surface area contributed by atoms with E-state index in [1.54, 1.807) is 6.92 Å². The van der Waals surface area contributed by atoms with Crippen molar-refractivity contribution in [1.82, 2.24) is 0 Å². The number of ether oxygens (including phenoxy) is 2. The molecule has 0 saturated carbocycles. The van der Waals surface area contributed by atoms with Gasteiger partial charge in [0.25, 0.3) is 0 Å². The lowest BCUT2D eigenvalue weighted by Crippen LogP contribution is -2.20. The summed E-state index contributed by atoms with van der Waals surface area (Å²) >= 11 is 6.94. The lowest BCUT2D eigenvalue weighted by molar-refractivity contribution is 0.0528. The van der Waals surface area contributed by atoms with Gasteiger partial charge in [-0.2, -0.15) is 0 Å². The molecule has 0 radical (unpaired) electrons. The van der Waals surface area contributed by atoms with E-state index in [-0.39, 0.29) is 5.97 Å². The molecule has 5 nitrogen and oxygen atoms in total. The molecular weight excluding hydrogens is 452 g/mol. The van der Waals surface area contributed by atoms with Gasteiger partial charge < -0.3 is 20.1 Å². The maximum Gasteiger partial charge on any atom is 0.341 e. The Morgan fingerprint density at radius 1 is 0.879 bits per heavy atom. The van der Waals surface area contributed by atoms with Gasteiger partial charge in [-0.15, -0.1) is 11.3 Å². The zero-order valence-corrected chi connectivity index (χ0v) is 19.5. The number of carbonyl (C=O) groups excluding carboxylic acids is 1. The van der Waals surface area contributed by atoms with Crippen LogP contribution in [0.1, 0.15) is 17.3 Å². The van der Waals surface area contributed by atoms with Gasteiger partial charge in [0, 0.05) is 10.6 Å². The van der Waals surface area contributed by atoms with E-state index < -0.39 is 0 Å². The third-order valence-corrected chi connectivity index (χ3v) is 5.91. The minimum absolute atomic E-state index is 0.300. The number of anilines is 2. The lowest BCUT2D eigenvalue weighted by Gasteiger charge is -2.11. The SMILES string of the molecule is CCOC(=O)c1cc(-c2ccccc2)sc1NC(=S)Nc1ccc(Oc2ccccc2)cc1. The fourth-order valence-corrected chi connectivity index (χ4v) is 4.43. The van der Waals surface area contributed by atoms with Gasteiger partial charge in [-0.1, -0.05) is 48.5 Å². The molecular formula is C26H22N2O3S2. The Labute approximate surface area is 202 Å². The predicted octanol–water partition coefficient (Wildman–Crippen LogP) is 7.19. The quantitative estimate of drug-likeness (QED) is 0.218. The number of para-hydroxylation sites is 1. The zero-order valence-electron chi connectivity index (χ0n) is 17.9. The van der Waals surface area contributed by atoms with E-state index in [4.69, 9.17) is 21.7 Å². The summed E-state index contributed by atoms with van der Waals surface area (Å²) in [5.41, 5.74) is 2.27. The van der Waals surface area contributed by atoms with Crippen LogP contribution in [-0.4, -0.2) is 17.7 Å². The smallest absolute Gasteiger partial charge is 0.341 e. The molecule has 0 amide bonds. The molecule has 0 bridgehead atoms. The molecule has 0 atom stereocenters. The second kappa shape index (κ2) is 10.8. The van der Waals surface area contributed by atoms with Crippen LogP contribution >= 0.6 is 23.6 Å². The molecule has 0 aliphatic heterocycles. The first-order chi connectivity index (χ1) is 16.1. The topological polar surface area (TPSA) is 59.6 Å². The second-order valence-electron chi connectivity index (χ2n) is 6.96. The van der Waals surface area contributed by atoms with Crippen LogP contribution in [0.3, 0.4) is 0 Å². The van der Waals surface area contributed by atoms with Crippen molar-refractivity contribution in [1.29, 1.82) is 0 Å². The molecule has 33 heavy (non-hydrogen) atoms. The third kappa shape index (κ3) is 5.97. The highest BCUT2D eigenvalue weighted by Gasteiger charge is 2.19. The average molecular weight is 475 g/mol. The van der Waals surface area contributed by atoms with E-state index in [1.165, 1.54) is 11.3 Å². The zero-order chi connectivity index (χ0) is 23.0. The Bertz CT molecular complexity index is 1220. The van der Waals surface area contributed by atoms with Crippen LogP contribution in [0.2, 0.25) is 0 Å². The fraction of sp³-hybridized carbons (Fsp3) is 0.0769. The van der Waals surface area contributed by atoms with Crippen molar-refractivity contribution in [2.75, 3.05) is 17.2 Å². The highest BCUT2D eigenvalue weighted by molar-refractivity contribution is 7.80. The van der Waals surface area contributed by atoms with Crippen LogP contribution < -0.4 is 15.4 Å². The molecule has 166 valence electrons. The molecule has 1 heterocycles. The molecule has 0 spiro atoms. The third-order valence-electron chi connectivity index (χ3n) is 4.60. The van der Waals surface area contributed by atoms with Crippen molar-refractivity contribution in [2.24, 2.45) is 0 Å². The first-order valence-corrected chi connectivity index (χ1v) is 11.6. The van der Waals surface area contributed by atoms with Crippen LogP contribution in [-0.2, 0) is 4.74 Å². The number of esters is 1. The van der Waals surface area contributed by atoms with Gasteiger partial charge >= 0.3 is 5.97 Å². The number of thiophene rings is 1. The molecule has 2 N–H and O–H groups in total. The van der Waals surface area contributed by atoms with Crippen molar-refractivity contribution in [2.45, 2.75) is 6.92 Å². The van der Waals surface area contributed by atoms with Gasteiger partial charge in [-0.25, -0.2) is 4.79 Å². The number of hydrogen-bond donors (Lipinski definition) is 2. The number of nitrogens with one attached hydrogen (secondary N) is 2. The van der Waals surface area contributed by atoms with Crippen LogP contribution in [0, 0.1) is 0 Å². The summed E-state index contributed by atoms with van der Waals surface area (Å²) in [6.07, 6.45) is 0. The van der Waals surface area contributed by atoms with Crippen LogP contribution in [0.25, 0.3) is 10.4 Å². The molecule has 3 aromatic carbocycles. The Morgan fingerprint density at radius 3 is 2.18 bits per heavy atom. The highest BCUT2D eigenvalue weighted by Crippen LogP contribution is 2.36. The van der Waals surface area contributed by atoms with E-state index in [0.717, 1.165) is 27.6 Å². The van der Waals surface area contributed by atoms with E-state index in [9.17, 15) is 4.79 Å². The minimum atomic E-state index is -0.386.